The van der Waals surface area contributed by atoms with E-state index in [-0.39, 0.29) is 23.9 Å². The fraction of sp³-hybridized carbons (Fsp3) is 0.200. The van der Waals surface area contributed by atoms with Gasteiger partial charge in [0.2, 0.25) is 5.88 Å². The number of carbonyl (C=O) groups excluding carboxylic acids is 1. The van der Waals surface area contributed by atoms with Gasteiger partial charge in [-0.25, -0.2) is 8.78 Å². The van der Waals surface area contributed by atoms with Crippen molar-refractivity contribution >= 4 is 5.91 Å². The normalized spacial score (nSPS) is 13.3. The van der Waals surface area contributed by atoms with E-state index in [1.165, 1.54) is 18.2 Å². The summed E-state index contributed by atoms with van der Waals surface area (Å²) in [6, 6.07) is 14.1. The van der Waals surface area contributed by atoms with Crippen LogP contribution in [0.1, 0.15) is 21.6 Å². The molecule has 0 bridgehead atoms. The summed E-state index contributed by atoms with van der Waals surface area (Å²) in [6.45, 7) is 1.29. The molecule has 0 saturated carbocycles. The zero-order chi connectivity index (χ0) is 18.8. The number of amides is 1. The largest absolute Gasteiger partial charge is 0.472 e. The molecular formula is C20H17F2N3O2. The molecule has 2 aromatic carbocycles. The quantitative estimate of drug-likeness (QED) is 0.708. The Balaban J connectivity index is 1.45. The van der Waals surface area contributed by atoms with Gasteiger partial charge in [-0.05, 0) is 18.2 Å². The maximum absolute atomic E-state index is 13.9. The molecule has 1 aliphatic rings. The van der Waals surface area contributed by atoms with Crippen LogP contribution in [0, 0.1) is 11.6 Å². The minimum Gasteiger partial charge on any atom is -0.472 e. The van der Waals surface area contributed by atoms with Crippen molar-refractivity contribution in [2.45, 2.75) is 19.7 Å². The molecule has 1 amide bonds. The molecule has 1 aromatic heterocycles. The molecule has 1 aliphatic heterocycles. The molecule has 4 rings (SSSR count). The molecule has 138 valence electrons. The van der Waals surface area contributed by atoms with Gasteiger partial charge in [0.1, 0.15) is 18.2 Å². The first-order chi connectivity index (χ1) is 13.1. The molecule has 0 aliphatic carbocycles. The molecule has 5 nitrogen and oxygen atoms in total. The van der Waals surface area contributed by atoms with Gasteiger partial charge in [-0.15, -0.1) is 5.10 Å². The molecule has 0 radical (unpaired) electrons. The van der Waals surface area contributed by atoms with Gasteiger partial charge in [0.25, 0.3) is 5.91 Å². The molecule has 0 unspecified atom stereocenters. The van der Waals surface area contributed by atoms with Gasteiger partial charge in [-0.2, -0.15) is 0 Å². The maximum Gasteiger partial charge on any atom is 0.257 e. The summed E-state index contributed by atoms with van der Waals surface area (Å²) in [5.74, 6) is -0.846. The lowest BCUT2D eigenvalue weighted by molar-refractivity contribution is 0.0701. The van der Waals surface area contributed by atoms with Gasteiger partial charge in [-0.3, -0.25) is 9.48 Å². The Bertz CT molecular complexity index is 987. The highest BCUT2D eigenvalue weighted by Crippen LogP contribution is 2.21. The van der Waals surface area contributed by atoms with Crippen molar-refractivity contribution in [1.82, 2.24) is 14.7 Å². The molecule has 7 heteroatoms. The lowest BCUT2D eigenvalue weighted by atomic mass is 10.1. The van der Waals surface area contributed by atoms with E-state index in [2.05, 4.69) is 5.10 Å². The number of fused-ring (bicyclic) bond motifs is 1. The van der Waals surface area contributed by atoms with Gasteiger partial charge in [0.15, 0.2) is 0 Å². The van der Waals surface area contributed by atoms with Gasteiger partial charge in [-0.1, -0.05) is 30.3 Å². The third kappa shape index (κ3) is 3.53. The summed E-state index contributed by atoms with van der Waals surface area (Å²) >= 11 is 0. The van der Waals surface area contributed by atoms with E-state index in [1.807, 2.05) is 0 Å². The number of hydrogen-bond acceptors (Lipinski definition) is 3. The Morgan fingerprint density at radius 3 is 2.56 bits per heavy atom. The number of benzene rings is 2. The van der Waals surface area contributed by atoms with E-state index in [4.69, 9.17) is 4.74 Å². The number of nitrogens with zero attached hydrogens (tertiary/aromatic N) is 3. The summed E-state index contributed by atoms with van der Waals surface area (Å²) in [5, 5.41) is 4.34. The Kier molecular flexibility index (Phi) is 4.58. The molecule has 27 heavy (non-hydrogen) atoms. The van der Waals surface area contributed by atoms with Crippen LogP contribution >= 0.6 is 0 Å². The zero-order valence-corrected chi connectivity index (χ0v) is 14.4. The van der Waals surface area contributed by atoms with Crippen molar-refractivity contribution in [3.63, 3.8) is 0 Å². The van der Waals surface area contributed by atoms with E-state index in [1.54, 1.807) is 46.0 Å². The molecule has 3 aromatic rings. The van der Waals surface area contributed by atoms with Crippen LogP contribution < -0.4 is 4.74 Å². The molecule has 0 saturated heterocycles. The van der Waals surface area contributed by atoms with Crippen LogP contribution in [0.3, 0.4) is 0 Å². The Morgan fingerprint density at radius 2 is 1.78 bits per heavy atom. The molecule has 0 atom stereocenters. The number of ether oxygens (including phenoxy) is 1. The first kappa shape index (κ1) is 17.2. The summed E-state index contributed by atoms with van der Waals surface area (Å²) < 4.78 is 34.9. The highest BCUT2D eigenvalue weighted by atomic mass is 19.1. The fourth-order valence-corrected chi connectivity index (χ4v) is 3.06. The minimum absolute atomic E-state index is 0.0569. The highest BCUT2D eigenvalue weighted by Gasteiger charge is 2.25. The summed E-state index contributed by atoms with van der Waals surface area (Å²) in [6.07, 6.45) is 0. The second-order valence-electron chi connectivity index (χ2n) is 6.28. The summed E-state index contributed by atoms with van der Waals surface area (Å²) in [7, 11) is 0. The topological polar surface area (TPSA) is 47.4 Å². The van der Waals surface area contributed by atoms with Crippen molar-refractivity contribution < 1.29 is 18.3 Å². The van der Waals surface area contributed by atoms with Crippen LogP contribution in [-0.2, 0) is 19.7 Å². The van der Waals surface area contributed by atoms with Crippen LogP contribution in [0.15, 0.2) is 54.6 Å². The molecule has 0 fully saturated rings. The molecular weight excluding hydrogens is 352 g/mol. The summed E-state index contributed by atoms with van der Waals surface area (Å²) in [4.78, 5) is 14.1. The highest BCUT2D eigenvalue weighted by molar-refractivity contribution is 5.94. The number of aromatic nitrogens is 2. The number of halogens is 2. The monoisotopic (exact) mass is 369 g/mol. The Hall–Kier alpha value is -3.22. The second kappa shape index (κ2) is 7.19. The van der Waals surface area contributed by atoms with Crippen LogP contribution in [0.5, 0.6) is 5.88 Å². The van der Waals surface area contributed by atoms with E-state index >= 15 is 0 Å². The van der Waals surface area contributed by atoms with E-state index in [9.17, 15) is 13.6 Å². The van der Waals surface area contributed by atoms with Crippen LogP contribution in [0.2, 0.25) is 0 Å². The van der Waals surface area contributed by atoms with Crippen molar-refractivity contribution in [3.8, 4) is 5.88 Å². The van der Waals surface area contributed by atoms with Gasteiger partial charge in [0.05, 0.1) is 24.3 Å². The standard InChI is InChI=1S/C20H17F2N3O2/c21-17-7-3-1-5-14(17)13-27-19-11-15-12-24(9-10-25(15)23-19)20(26)16-6-2-4-8-18(16)22/h1-8,11H,9-10,12-13H2. The third-order valence-corrected chi connectivity index (χ3v) is 4.50. The number of hydrogen-bond donors (Lipinski definition) is 0. The van der Waals surface area contributed by atoms with E-state index < -0.39 is 5.82 Å². The maximum atomic E-state index is 13.9. The van der Waals surface area contributed by atoms with Crippen LogP contribution in [0.4, 0.5) is 8.78 Å². The lowest BCUT2D eigenvalue weighted by Crippen LogP contribution is -2.38. The van der Waals surface area contributed by atoms with Gasteiger partial charge in [0, 0.05) is 18.2 Å². The second-order valence-corrected chi connectivity index (χ2v) is 6.28. The Morgan fingerprint density at radius 1 is 1.04 bits per heavy atom. The van der Waals surface area contributed by atoms with Crippen LogP contribution in [0.25, 0.3) is 0 Å². The number of carbonyl (C=O) groups is 1. The fourth-order valence-electron chi connectivity index (χ4n) is 3.06. The zero-order valence-electron chi connectivity index (χ0n) is 14.4. The minimum atomic E-state index is -0.532. The molecule has 0 spiro atoms. The molecule has 0 N–H and O–H groups in total. The third-order valence-electron chi connectivity index (χ3n) is 4.50. The SMILES string of the molecule is O=C(c1ccccc1F)N1CCn2nc(OCc3ccccc3F)cc2C1. The van der Waals surface area contributed by atoms with Gasteiger partial charge >= 0.3 is 0 Å². The first-order valence-electron chi connectivity index (χ1n) is 8.58. The van der Waals surface area contributed by atoms with E-state index in [0.717, 1.165) is 5.69 Å². The van der Waals surface area contributed by atoms with Gasteiger partial charge < -0.3 is 9.64 Å². The molecule has 2 heterocycles. The predicted octanol–water partition coefficient (Wildman–Crippen LogP) is 3.40. The predicted molar refractivity (Wildman–Crippen MR) is 94.1 cm³/mol. The Labute approximate surface area is 154 Å². The van der Waals surface area contributed by atoms with Crippen molar-refractivity contribution in [3.05, 3.63) is 83.1 Å². The number of rotatable bonds is 4. The first-order valence-corrected chi connectivity index (χ1v) is 8.58. The lowest BCUT2D eigenvalue weighted by Gasteiger charge is -2.27. The smallest absolute Gasteiger partial charge is 0.257 e. The van der Waals surface area contributed by atoms with Crippen LogP contribution in [-0.4, -0.2) is 27.1 Å². The average Bonchev–Trinajstić information content (AvgIpc) is 3.09. The summed E-state index contributed by atoms with van der Waals surface area (Å²) in [5.41, 5.74) is 1.29. The van der Waals surface area contributed by atoms with Crippen molar-refractivity contribution in [2.24, 2.45) is 0 Å². The van der Waals surface area contributed by atoms with E-state index in [0.29, 0.717) is 31.1 Å². The van der Waals surface area contributed by atoms with Crippen molar-refractivity contribution in [2.75, 3.05) is 6.54 Å². The average molecular weight is 369 g/mol. The van der Waals surface area contributed by atoms with Crippen molar-refractivity contribution in [1.29, 1.82) is 0 Å².